The molecule has 1 radical (unpaired) electrons. The van der Waals surface area contributed by atoms with Gasteiger partial charge >= 0.3 is 0 Å². The third-order valence-electron chi connectivity index (χ3n) is 1.07. The Hall–Kier alpha value is -1.33. The first kappa shape index (κ1) is 7.77. The highest BCUT2D eigenvalue weighted by atomic mass is 16.2. The fourth-order valence-corrected chi connectivity index (χ4v) is 0.624. The van der Waals surface area contributed by atoms with Crippen molar-refractivity contribution in [3.63, 3.8) is 0 Å². The normalized spacial score (nSPS) is 8.45. The van der Waals surface area contributed by atoms with E-state index < -0.39 is 0 Å². The number of pyridine rings is 1. The van der Waals surface area contributed by atoms with Crippen LogP contribution in [0.5, 0.6) is 0 Å². The molecule has 1 aromatic rings. The average molecular weight is 146 g/mol. The lowest BCUT2D eigenvalue weighted by atomic mass is 10.3. The smallest absolute Gasteiger partial charge is 0.113 e. The quantitative estimate of drug-likeness (QED) is 0.607. The van der Waals surface area contributed by atoms with E-state index in [1.165, 1.54) is 0 Å². The van der Waals surface area contributed by atoms with E-state index >= 15 is 0 Å². The molecule has 0 spiro atoms. The minimum absolute atomic E-state index is 0.385. The lowest BCUT2D eigenvalue weighted by molar-refractivity contribution is 0.390. The lowest BCUT2D eigenvalue weighted by Gasteiger charge is -1.84. The summed E-state index contributed by atoms with van der Waals surface area (Å²) in [5.41, 5.74) is 0.731. The van der Waals surface area contributed by atoms with Crippen LogP contribution in [0.1, 0.15) is 12.1 Å². The van der Waals surface area contributed by atoms with E-state index in [9.17, 15) is 0 Å². The van der Waals surface area contributed by atoms with Crippen LogP contribution in [0.25, 0.3) is 0 Å². The molecule has 0 saturated heterocycles. The zero-order chi connectivity index (χ0) is 7.94. The first-order valence-electron chi connectivity index (χ1n) is 3.29. The van der Waals surface area contributed by atoms with Gasteiger partial charge in [0, 0.05) is 12.6 Å². The Bertz CT molecular complexity index is 258. The first-order valence-corrected chi connectivity index (χ1v) is 3.29. The van der Waals surface area contributed by atoms with Crippen LogP contribution >= 0.6 is 0 Å². The summed E-state index contributed by atoms with van der Waals surface area (Å²) in [5, 5.41) is 8.30. The number of aliphatic hydroxyl groups excluding tert-OH is 1. The van der Waals surface area contributed by atoms with Gasteiger partial charge in [-0.3, -0.25) is 0 Å². The molecule has 2 heteroatoms. The maximum absolute atomic E-state index is 8.30. The Labute approximate surface area is 65.9 Å². The molecule has 11 heavy (non-hydrogen) atoms. The van der Waals surface area contributed by atoms with Crippen LogP contribution in [0.3, 0.4) is 0 Å². The molecular formula is C9H8NO. The number of hydrogen-bond acceptors (Lipinski definition) is 2. The topological polar surface area (TPSA) is 33.1 Å². The van der Waals surface area contributed by atoms with Gasteiger partial charge in [0.05, 0.1) is 6.61 Å². The van der Waals surface area contributed by atoms with Gasteiger partial charge in [-0.05, 0) is 18.1 Å². The molecule has 1 heterocycles. The predicted octanol–water partition coefficient (Wildman–Crippen LogP) is 1.36. The second-order valence-electron chi connectivity index (χ2n) is 1.90. The Balaban J connectivity index is 2.59. The molecule has 1 aromatic heterocycles. The zero-order valence-electron chi connectivity index (χ0n) is 5.99. The maximum atomic E-state index is 8.30. The predicted molar refractivity (Wildman–Crippen MR) is 42.0 cm³/mol. The summed E-state index contributed by atoms with van der Waals surface area (Å²) < 4.78 is 0. The second-order valence-corrected chi connectivity index (χ2v) is 1.90. The van der Waals surface area contributed by atoms with E-state index in [4.69, 9.17) is 5.11 Å². The van der Waals surface area contributed by atoms with Crippen LogP contribution in [0.4, 0.5) is 0 Å². The van der Waals surface area contributed by atoms with Crippen LogP contribution < -0.4 is 0 Å². The van der Waals surface area contributed by atoms with Gasteiger partial charge in [0.15, 0.2) is 0 Å². The van der Waals surface area contributed by atoms with Gasteiger partial charge < -0.3 is 5.11 Å². The third-order valence-corrected chi connectivity index (χ3v) is 1.07. The van der Waals surface area contributed by atoms with E-state index in [0.29, 0.717) is 6.42 Å². The summed E-state index contributed by atoms with van der Waals surface area (Å²) in [6, 6.07) is 5.54. The van der Waals surface area contributed by atoms with Gasteiger partial charge in [-0.2, -0.15) is 0 Å². The van der Waals surface area contributed by atoms with Gasteiger partial charge in [0.25, 0.3) is 0 Å². The maximum Gasteiger partial charge on any atom is 0.113 e. The van der Waals surface area contributed by atoms with Crippen molar-refractivity contribution in [3.8, 4) is 11.8 Å². The van der Waals surface area contributed by atoms with Gasteiger partial charge in [0.2, 0.25) is 0 Å². The van der Waals surface area contributed by atoms with E-state index in [1.807, 2.05) is 18.2 Å². The number of aromatic nitrogens is 1. The summed E-state index contributed by atoms with van der Waals surface area (Å²) in [6.45, 7) is 1.02. The zero-order valence-corrected chi connectivity index (χ0v) is 5.99. The summed E-state index contributed by atoms with van der Waals surface area (Å²) in [4.78, 5) is 3.98. The monoisotopic (exact) mass is 146 g/mol. The molecule has 0 aliphatic carbocycles. The SMILES string of the molecule is O[CH]CC#Cc1ccccn1. The molecule has 0 fully saturated rings. The molecule has 0 saturated carbocycles. The van der Waals surface area contributed by atoms with Crippen LogP contribution in [-0.2, 0) is 0 Å². The first-order chi connectivity index (χ1) is 5.43. The van der Waals surface area contributed by atoms with E-state index in [0.717, 1.165) is 12.3 Å². The van der Waals surface area contributed by atoms with Crippen LogP contribution in [-0.4, -0.2) is 10.1 Å². The second kappa shape index (κ2) is 4.48. The van der Waals surface area contributed by atoms with Gasteiger partial charge in [-0.25, -0.2) is 4.98 Å². The molecule has 1 rings (SSSR count). The molecule has 0 aliphatic heterocycles. The van der Waals surface area contributed by atoms with Crippen LogP contribution in [0, 0.1) is 18.4 Å². The highest BCUT2D eigenvalue weighted by molar-refractivity contribution is 5.26. The van der Waals surface area contributed by atoms with Crippen molar-refractivity contribution < 1.29 is 5.11 Å². The Morgan fingerprint density at radius 1 is 1.55 bits per heavy atom. The van der Waals surface area contributed by atoms with Crippen molar-refractivity contribution in [2.24, 2.45) is 0 Å². The molecule has 1 N–H and O–H groups in total. The van der Waals surface area contributed by atoms with Crippen molar-refractivity contribution in [1.82, 2.24) is 4.98 Å². The summed E-state index contributed by atoms with van der Waals surface area (Å²) in [7, 11) is 0. The molecule has 0 aliphatic rings. The fraction of sp³-hybridized carbons (Fsp3) is 0.111. The summed E-state index contributed by atoms with van der Waals surface area (Å²) >= 11 is 0. The van der Waals surface area contributed by atoms with Crippen LogP contribution in [0.15, 0.2) is 24.4 Å². The highest BCUT2D eigenvalue weighted by Gasteiger charge is 1.81. The van der Waals surface area contributed by atoms with Crippen molar-refractivity contribution >= 4 is 0 Å². The van der Waals surface area contributed by atoms with E-state index in [1.54, 1.807) is 6.20 Å². The summed E-state index contributed by atoms with van der Waals surface area (Å²) in [5.74, 6) is 5.53. The van der Waals surface area contributed by atoms with Gasteiger partial charge in [-0.15, -0.1) is 0 Å². The molecular weight excluding hydrogens is 138 g/mol. The largest absolute Gasteiger partial charge is 0.389 e. The number of aliphatic hydroxyl groups is 1. The van der Waals surface area contributed by atoms with Gasteiger partial charge in [-0.1, -0.05) is 12.0 Å². The van der Waals surface area contributed by atoms with Crippen LogP contribution in [0.2, 0.25) is 0 Å². The standard InChI is InChI=1S/C9H8NO/c11-8-4-2-6-9-5-1-3-7-10-9/h1,3,5,7-8,11H,4H2. The minimum Gasteiger partial charge on any atom is -0.389 e. The van der Waals surface area contributed by atoms with Crippen molar-refractivity contribution in [2.75, 3.05) is 0 Å². The molecule has 0 amide bonds. The number of nitrogens with zero attached hydrogens (tertiary/aromatic N) is 1. The number of hydrogen-bond donors (Lipinski definition) is 1. The molecule has 2 nitrogen and oxygen atoms in total. The molecule has 0 unspecified atom stereocenters. The average Bonchev–Trinajstić information content (AvgIpc) is 2.07. The summed E-state index contributed by atoms with van der Waals surface area (Å²) in [6.07, 6.45) is 2.07. The van der Waals surface area contributed by atoms with Crippen molar-refractivity contribution in [3.05, 3.63) is 36.7 Å². The lowest BCUT2D eigenvalue weighted by Crippen LogP contribution is -1.78. The van der Waals surface area contributed by atoms with Gasteiger partial charge in [0.1, 0.15) is 5.69 Å². The Morgan fingerprint density at radius 3 is 3.09 bits per heavy atom. The Morgan fingerprint density at radius 2 is 2.45 bits per heavy atom. The third kappa shape index (κ3) is 2.83. The molecule has 55 valence electrons. The van der Waals surface area contributed by atoms with E-state index in [-0.39, 0.29) is 0 Å². The molecule has 0 atom stereocenters. The Kier molecular flexibility index (Phi) is 3.17. The minimum atomic E-state index is 0.385. The van der Waals surface area contributed by atoms with Crippen molar-refractivity contribution in [1.29, 1.82) is 0 Å². The van der Waals surface area contributed by atoms with Crippen molar-refractivity contribution in [2.45, 2.75) is 6.42 Å². The molecule has 0 aromatic carbocycles. The van der Waals surface area contributed by atoms with E-state index in [2.05, 4.69) is 16.8 Å². The number of rotatable bonds is 1. The highest BCUT2D eigenvalue weighted by Crippen LogP contribution is 1.89. The fourth-order valence-electron chi connectivity index (χ4n) is 0.624. The molecule has 0 bridgehead atoms.